The lowest BCUT2D eigenvalue weighted by Gasteiger charge is -2.34. The fourth-order valence-corrected chi connectivity index (χ4v) is 4.87. The van der Waals surface area contributed by atoms with Crippen LogP contribution in [0.1, 0.15) is 13.8 Å². The van der Waals surface area contributed by atoms with Gasteiger partial charge in [0.2, 0.25) is 5.91 Å². The zero-order valence-corrected chi connectivity index (χ0v) is 20.7. The van der Waals surface area contributed by atoms with E-state index in [2.05, 4.69) is 31.1 Å². The molecule has 0 aliphatic carbocycles. The van der Waals surface area contributed by atoms with Crippen molar-refractivity contribution >= 4 is 41.6 Å². The van der Waals surface area contributed by atoms with E-state index < -0.39 is 38.1 Å². The number of methoxy groups -OCH3 is 1. The van der Waals surface area contributed by atoms with E-state index in [0.29, 0.717) is 0 Å². The Kier molecular flexibility index (Phi) is 8.30. The molecular formula is C20H25BrN3O8P. The van der Waals surface area contributed by atoms with Gasteiger partial charge in [0.05, 0.1) is 19.6 Å². The minimum atomic E-state index is -4.03. The van der Waals surface area contributed by atoms with E-state index in [0.717, 1.165) is 4.47 Å². The Balaban J connectivity index is 1.64. The van der Waals surface area contributed by atoms with Gasteiger partial charge in [-0.3, -0.25) is 24.3 Å². The van der Waals surface area contributed by atoms with E-state index in [1.807, 2.05) is 0 Å². The number of amides is 3. The molecule has 1 aromatic rings. The van der Waals surface area contributed by atoms with E-state index in [4.69, 9.17) is 13.8 Å². The van der Waals surface area contributed by atoms with Crippen LogP contribution in [0.4, 0.5) is 4.79 Å². The van der Waals surface area contributed by atoms with Gasteiger partial charge in [0, 0.05) is 11.0 Å². The molecular weight excluding hydrogens is 521 g/mol. The summed E-state index contributed by atoms with van der Waals surface area (Å²) in [6.07, 6.45) is 1.96. The predicted octanol–water partition coefficient (Wildman–Crippen LogP) is 2.57. The van der Waals surface area contributed by atoms with Crippen LogP contribution < -0.4 is 14.9 Å². The van der Waals surface area contributed by atoms with Crippen molar-refractivity contribution in [2.45, 2.75) is 32.2 Å². The van der Waals surface area contributed by atoms with Crippen LogP contribution in [0.25, 0.3) is 0 Å². The summed E-state index contributed by atoms with van der Waals surface area (Å²) < 4.78 is 35.8. The van der Waals surface area contributed by atoms with Crippen LogP contribution in [0, 0.1) is 5.92 Å². The smallest absolute Gasteiger partial charge is 0.459 e. The molecule has 180 valence electrons. The third-order valence-electron chi connectivity index (χ3n) is 4.88. The number of halogens is 1. The number of carbonyl (C=O) groups is 3. The highest BCUT2D eigenvalue weighted by Gasteiger charge is 2.38. The molecule has 3 rings (SSSR count). The fourth-order valence-electron chi connectivity index (χ4n) is 3.10. The van der Waals surface area contributed by atoms with Crippen LogP contribution in [0.5, 0.6) is 5.75 Å². The molecule has 3 amide bonds. The summed E-state index contributed by atoms with van der Waals surface area (Å²) in [6.45, 7) is 3.19. The lowest BCUT2D eigenvalue weighted by atomic mass is 10.1. The predicted molar refractivity (Wildman–Crippen MR) is 120 cm³/mol. The maximum absolute atomic E-state index is 13.4. The molecule has 0 bridgehead atoms. The van der Waals surface area contributed by atoms with Gasteiger partial charge < -0.3 is 14.0 Å². The number of benzene rings is 1. The van der Waals surface area contributed by atoms with Gasteiger partial charge in [0.15, 0.2) is 6.23 Å². The second kappa shape index (κ2) is 10.8. The number of nitrogens with one attached hydrogen (secondary N) is 2. The number of hydrogen-bond acceptors (Lipinski definition) is 8. The van der Waals surface area contributed by atoms with Gasteiger partial charge in [-0.2, -0.15) is 5.09 Å². The molecule has 1 saturated heterocycles. The molecule has 0 spiro atoms. The number of carbonyl (C=O) groups excluding carboxylic acids is 3. The van der Waals surface area contributed by atoms with Crippen molar-refractivity contribution in [2.24, 2.45) is 5.92 Å². The third-order valence-corrected chi connectivity index (χ3v) is 7.05. The summed E-state index contributed by atoms with van der Waals surface area (Å²) >= 11 is 3.31. The van der Waals surface area contributed by atoms with Crippen molar-refractivity contribution in [3.05, 3.63) is 40.9 Å². The lowest BCUT2D eigenvalue weighted by Crippen LogP contribution is -2.57. The number of imide groups is 1. The quantitative estimate of drug-likeness (QED) is 0.273. The van der Waals surface area contributed by atoms with E-state index in [1.165, 1.54) is 18.9 Å². The maximum Gasteiger partial charge on any atom is 0.459 e. The summed E-state index contributed by atoms with van der Waals surface area (Å²) in [7, 11) is -2.82. The van der Waals surface area contributed by atoms with E-state index in [1.54, 1.807) is 43.3 Å². The Morgan fingerprint density at radius 3 is 2.70 bits per heavy atom. The molecule has 33 heavy (non-hydrogen) atoms. The van der Waals surface area contributed by atoms with Gasteiger partial charge in [-0.05, 0) is 37.3 Å². The highest BCUT2D eigenvalue weighted by Crippen LogP contribution is 2.45. The van der Waals surface area contributed by atoms with Crippen LogP contribution in [0.2, 0.25) is 0 Å². The maximum atomic E-state index is 13.4. The van der Waals surface area contributed by atoms with Gasteiger partial charge >= 0.3 is 19.7 Å². The van der Waals surface area contributed by atoms with Gasteiger partial charge in [-0.15, -0.1) is 0 Å². The van der Waals surface area contributed by atoms with Crippen LogP contribution >= 0.6 is 23.7 Å². The summed E-state index contributed by atoms with van der Waals surface area (Å²) in [5, 5.41) is 4.83. The molecule has 11 nitrogen and oxygen atoms in total. The zero-order valence-electron chi connectivity index (χ0n) is 18.2. The van der Waals surface area contributed by atoms with Gasteiger partial charge in [-0.1, -0.05) is 28.9 Å². The first-order valence-electron chi connectivity index (χ1n) is 10.1. The van der Waals surface area contributed by atoms with E-state index in [-0.39, 0.29) is 30.7 Å². The summed E-state index contributed by atoms with van der Waals surface area (Å²) in [6, 6.07) is 5.05. The number of hydrogen-bond donors (Lipinski definition) is 2. The average Bonchev–Trinajstić information content (AvgIpc) is 3.25. The first kappa shape index (κ1) is 25.4. The number of nitrogens with zero attached hydrogens (tertiary/aromatic N) is 1. The molecule has 0 saturated carbocycles. The standard InChI is InChI=1S/C20H25BrN3O8P/c1-12-10-24(20(27)22-18(12)25)17-9-8-16(31-17)11-30-33(28,23-13(2)19(26)29-3)32-15-6-4-14(21)5-7-15/h4-9,12-13,16-17H,10-11H2,1-3H3,(H,23,28)(H,22,25,27). The second-order valence-electron chi connectivity index (χ2n) is 7.51. The van der Waals surface area contributed by atoms with E-state index in [9.17, 15) is 18.9 Å². The first-order chi connectivity index (χ1) is 15.6. The third kappa shape index (κ3) is 6.64. The van der Waals surface area contributed by atoms with Crippen molar-refractivity contribution in [3.63, 3.8) is 0 Å². The molecule has 5 atom stereocenters. The number of ether oxygens (including phenoxy) is 2. The van der Waals surface area contributed by atoms with Crippen molar-refractivity contribution < 1.29 is 37.5 Å². The molecule has 1 aromatic carbocycles. The molecule has 13 heteroatoms. The SMILES string of the molecule is COC(=O)C(C)NP(=O)(OCC1C=CC(N2CC(C)C(=O)NC2=O)O1)Oc1ccc(Br)cc1. The Labute approximate surface area is 199 Å². The molecule has 1 fully saturated rings. The minimum Gasteiger partial charge on any atom is -0.468 e. The molecule has 5 unspecified atom stereocenters. The molecule has 2 heterocycles. The summed E-state index contributed by atoms with van der Waals surface area (Å²) in [5.41, 5.74) is 0. The van der Waals surface area contributed by atoms with Crippen LogP contribution in [-0.4, -0.2) is 61.4 Å². The van der Waals surface area contributed by atoms with Crippen molar-refractivity contribution in [2.75, 3.05) is 20.3 Å². The molecule has 0 aromatic heterocycles. The van der Waals surface area contributed by atoms with Crippen molar-refractivity contribution in [3.8, 4) is 5.75 Å². The van der Waals surface area contributed by atoms with Crippen LogP contribution in [0.15, 0.2) is 40.9 Å². The first-order valence-corrected chi connectivity index (χ1v) is 12.4. The Morgan fingerprint density at radius 2 is 2.03 bits per heavy atom. The van der Waals surface area contributed by atoms with Gasteiger partial charge in [0.1, 0.15) is 17.9 Å². The monoisotopic (exact) mass is 545 g/mol. The highest BCUT2D eigenvalue weighted by molar-refractivity contribution is 9.10. The Bertz CT molecular complexity index is 973. The highest BCUT2D eigenvalue weighted by atomic mass is 79.9. The largest absolute Gasteiger partial charge is 0.468 e. The molecule has 2 aliphatic heterocycles. The lowest BCUT2D eigenvalue weighted by molar-refractivity contribution is -0.142. The minimum absolute atomic E-state index is 0.189. The Hall–Kier alpha value is -2.24. The average molecular weight is 546 g/mol. The van der Waals surface area contributed by atoms with E-state index >= 15 is 0 Å². The normalized spacial score (nSPS) is 25.3. The van der Waals surface area contributed by atoms with Crippen LogP contribution in [0.3, 0.4) is 0 Å². The number of rotatable bonds is 9. The zero-order chi connectivity index (χ0) is 24.2. The number of urea groups is 1. The summed E-state index contributed by atoms with van der Waals surface area (Å²) in [5.74, 6) is -1.10. The molecule has 2 N–H and O–H groups in total. The van der Waals surface area contributed by atoms with Crippen molar-refractivity contribution in [1.29, 1.82) is 0 Å². The van der Waals surface area contributed by atoms with Gasteiger partial charge in [-0.25, -0.2) is 9.36 Å². The second-order valence-corrected chi connectivity index (χ2v) is 10.1. The number of esters is 1. The van der Waals surface area contributed by atoms with Gasteiger partial charge in [0.25, 0.3) is 0 Å². The van der Waals surface area contributed by atoms with Crippen molar-refractivity contribution in [1.82, 2.24) is 15.3 Å². The fraction of sp³-hybridized carbons (Fsp3) is 0.450. The van der Waals surface area contributed by atoms with Crippen LogP contribution in [-0.2, 0) is 28.2 Å². The Morgan fingerprint density at radius 1 is 1.33 bits per heavy atom. The molecule has 0 radical (unpaired) electrons. The summed E-state index contributed by atoms with van der Waals surface area (Å²) in [4.78, 5) is 37.0. The molecule has 2 aliphatic rings. The topological polar surface area (TPSA) is 132 Å².